The van der Waals surface area contributed by atoms with Crippen molar-refractivity contribution in [2.75, 3.05) is 13.2 Å². The number of benzene rings is 1. The number of hydrogen-bond acceptors (Lipinski definition) is 4. The maximum absolute atomic E-state index is 12.1. The number of carbonyl (C=O) groups is 1. The lowest BCUT2D eigenvalue weighted by Gasteiger charge is -2.18. The number of ether oxygens (including phenoxy) is 1. The standard InChI is InChI=1S/C19H21N3O3/c1-14-11-15(2)22(21-14)17(18-9-6-10-24-18)12-20-19(23)13-25-16-7-4-3-5-8-16/h3-11,17H,12-13H2,1-2H3,(H,20,23). The Morgan fingerprint density at radius 1 is 1.24 bits per heavy atom. The van der Waals surface area contributed by atoms with E-state index in [4.69, 9.17) is 9.15 Å². The number of nitrogens with zero attached hydrogens (tertiary/aromatic N) is 2. The van der Waals surface area contributed by atoms with E-state index in [2.05, 4.69) is 10.4 Å². The third kappa shape index (κ3) is 4.29. The molecule has 0 saturated carbocycles. The van der Waals surface area contributed by atoms with E-state index in [1.165, 1.54) is 0 Å². The van der Waals surface area contributed by atoms with Gasteiger partial charge in [-0.2, -0.15) is 5.10 Å². The Bertz CT molecular complexity index is 810. The molecule has 1 amide bonds. The molecule has 2 heterocycles. The van der Waals surface area contributed by atoms with Crippen LogP contribution in [0.5, 0.6) is 5.75 Å². The normalized spacial score (nSPS) is 11.9. The van der Waals surface area contributed by atoms with Crippen LogP contribution in [-0.4, -0.2) is 28.8 Å². The molecular formula is C19H21N3O3. The predicted octanol–water partition coefficient (Wildman–Crippen LogP) is 2.88. The Labute approximate surface area is 146 Å². The topological polar surface area (TPSA) is 69.3 Å². The van der Waals surface area contributed by atoms with Gasteiger partial charge < -0.3 is 14.5 Å². The van der Waals surface area contributed by atoms with Crippen molar-refractivity contribution >= 4 is 5.91 Å². The van der Waals surface area contributed by atoms with E-state index in [1.807, 2.05) is 67.1 Å². The Hall–Kier alpha value is -3.02. The van der Waals surface area contributed by atoms with Gasteiger partial charge in [0.25, 0.3) is 5.91 Å². The van der Waals surface area contributed by atoms with Crippen molar-refractivity contribution < 1.29 is 13.9 Å². The molecule has 3 rings (SSSR count). The molecule has 0 saturated heterocycles. The molecule has 130 valence electrons. The summed E-state index contributed by atoms with van der Waals surface area (Å²) in [5, 5.41) is 7.40. The van der Waals surface area contributed by atoms with Crippen LogP contribution in [0.15, 0.2) is 59.2 Å². The smallest absolute Gasteiger partial charge is 0.258 e. The van der Waals surface area contributed by atoms with Crippen LogP contribution >= 0.6 is 0 Å². The van der Waals surface area contributed by atoms with E-state index in [-0.39, 0.29) is 18.6 Å². The number of nitrogens with one attached hydrogen (secondary N) is 1. The lowest BCUT2D eigenvalue weighted by molar-refractivity contribution is -0.123. The molecule has 2 aromatic heterocycles. The minimum absolute atomic E-state index is 0.0357. The molecule has 0 aliphatic rings. The van der Waals surface area contributed by atoms with E-state index < -0.39 is 0 Å². The molecule has 0 bridgehead atoms. The van der Waals surface area contributed by atoms with Crippen LogP contribution in [-0.2, 0) is 4.79 Å². The molecule has 1 atom stereocenters. The number of furan rings is 1. The molecular weight excluding hydrogens is 318 g/mol. The molecule has 1 unspecified atom stereocenters. The quantitative estimate of drug-likeness (QED) is 0.719. The molecule has 25 heavy (non-hydrogen) atoms. The summed E-state index contributed by atoms with van der Waals surface area (Å²) in [6, 6.07) is 14.8. The first-order chi connectivity index (χ1) is 12.1. The Morgan fingerprint density at radius 2 is 2.04 bits per heavy atom. The van der Waals surface area contributed by atoms with Gasteiger partial charge in [0.1, 0.15) is 17.6 Å². The van der Waals surface area contributed by atoms with Crippen molar-refractivity contribution in [3.63, 3.8) is 0 Å². The fraction of sp³-hybridized carbons (Fsp3) is 0.263. The molecule has 0 aliphatic heterocycles. The molecule has 6 heteroatoms. The summed E-state index contributed by atoms with van der Waals surface area (Å²) in [5.41, 5.74) is 1.93. The zero-order valence-electron chi connectivity index (χ0n) is 14.3. The van der Waals surface area contributed by atoms with Crippen LogP contribution in [0, 0.1) is 13.8 Å². The van der Waals surface area contributed by atoms with Crippen molar-refractivity contribution in [1.82, 2.24) is 15.1 Å². The highest BCUT2D eigenvalue weighted by molar-refractivity contribution is 5.77. The van der Waals surface area contributed by atoms with Crippen LogP contribution in [0.2, 0.25) is 0 Å². The fourth-order valence-corrected chi connectivity index (χ4v) is 2.68. The van der Waals surface area contributed by atoms with E-state index >= 15 is 0 Å². The summed E-state index contributed by atoms with van der Waals surface area (Å²) in [5.74, 6) is 1.22. The Balaban J connectivity index is 1.63. The number of hydrogen-bond donors (Lipinski definition) is 1. The third-order valence-electron chi connectivity index (χ3n) is 3.82. The first-order valence-electron chi connectivity index (χ1n) is 8.14. The Morgan fingerprint density at radius 3 is 2.68 bits per heavy atom. The van der Waals surface area contributed by atoms with Crippen molar-refractivity contribution in [2.24, 2.45) is 0 Å². The molecule has 0 aliphatic carbocycles. The zero-order chi connectivity index (χ0) is 17.6. The third-order valence-corrected chi connectivity index (χ3v) is 3.82. The molecule has 3 aromatic rings. The van der Waals surface area contributed by atoms with Gasteiger partial charge in [-0.3, -0.25) is 9.48 Å². The number of aryl methyl sites for hydroxylation is 2. The second-order valence-electron chi connectivity index (χ2n) is 5.81. The van der Waals surface area contributed by atoms with E-state index in [0.29, 0.717) is 12.3 Å². The van der Waals surface area contributed by atoms with Crippen LogP contribution in [0.3, 0.4) is 0 Å². The van der Waals surface area contributed by atoms with Crippen molar-refractivity contribution in [3.05, 3.63) is 71.9 Å². The molecule has 6 nitrogen and oxygen atoms in total. The maximum Gasteiger partial charge on any atom is 0.258 e. The summed E-state index contributed by atoms with van der Waals surface area (Å²) >= 11 is 0. The minimum atomic E-state index is -0.204. The van der Waals surface area contributed by atoms with Crippen LogP contribution in [0.1, 0.15) is 23.2 Å². The summed E-state index contributed by atoms with van der Waals surface area (Å²) < 4.78 is 12.9. The van der Waals surface area contributed by atoms with E-state index in [1.54, 1.807) is 6.26 Å². The van der Waals surface area contributed by atoms with Gasteiger partial charge in [-0.25, -0.2) is 0 Å². The summed E-state index contributed by atoms with van der Waals surface area (Å²) in [4.78, 5) is 12.1. The van der Waals surface area contributed by atoms with Gasteiger partial charge in [-0.1, -0.05) is 18.2 Å². The SMILES string of the molecule is Cc1cc(C)n(C(CNC(=O)COc2ccccc2)c2ccco2)n1. The predicted molar refractivity (Wildman–Crippen MR) is 93.5 cm³/mol. The molecule has 0 fully saturated rings. The van der Waals surface area contributed by atoms with Gasteiger partial charge in [0.05, 0.1) is 12.0 Å². The number of aromatic nitrogens is 2. The molecule has 1 aromatic carbocycles. The average molecular weight is 339 g/mol. The van der Waals surface area contributed by atoms with Gasteiger partial charge in [-0.05, 0) is 44.2 Å². The van der Waals surface area contributed by atoms with E-state index in [0.717, 1.165) is 17.1 Å². The largest absolute Gasteiger partial charge is 0.484 e. The lowest BCUT2D eigenvalue weighted by atomic mass is 10.2. The highest BCUT2D eigenvalue weighted by Gasteiger charge is 2.20. The van der Waals surface area contributed by atoms with Crippen LogP contribution in [0.25, 0.3) is 0 Å². The van der Waals surface area contributed by atoms with Gasteiger partial charge in [0.2, 0.25) is 0 Å². The molecule has 0 radical (unpaired) electrons. The Kier molecular flexibility index (Phi) is 5.18. The van der Waals surface area contributed by atoms with Crippen LogP contribution in [0.4, 0.5) is 0 Å². The lowest BCUT2D eigenvalue weighted by Crippen LogP contribution is -2.35. The average Bonchev–Trinajstić information content (AvgIpc) is 3.25. The minimum Gasteiger partial charge on any atom is -0.484 e. The zero-order valence-corrected chi connectivity index (χ0v) is 14.3. The van der Waals surface area contributed by atoms with E-state index in [9.17, 15) is 4.79 Å². The fourth-order valence-electron chi connectivity index (χ4n) is 2.68. The van der Waals surface area contributed by atoms with Gasteiger partial charge >= 0.3 is 0 Å². The maximum atomic E-state index is 12.1. The monoisotopic (exact) mass is 339 g/mol. The van der Waals surface area contributed by atoms with Crippen LogP contribution < -0.4 is 10.1 Å². The van der Waals surface area contributed by atoms with Crippen molar-refractivity contribution in [1.29, 1.82) is 0 Å². The number of amides is 1. The van der Waals surface area contributed by atoms with Crippen molar-refractivity contribution in [3.8, 4) is 5.75 Å². The highest BCUT2D eigenvalue weighted by Crippen LogP contribution is 2.20. The number of rotatable bonds is 7. The number of para-hydroxylation sites is 1. The van der Waals surface area contributed by atoms with Gasteiger partial charge in [0, 0.05) is 12.2 Å². The van der Waals surface area contributed by atoms with Gasteiger partial charge in [0.15, 0.2) is 6.61 Å². The summed E-state index contributed by atoms with van der Waals surface area (Å²) in [6.45, 7) is 4.25. The summed E-state index contributed by atoms with van der Waals surface area (Å²) in [6.07, 6.45) is 1.62. The highest BCUT2D eigenvalue weighted by atomic mass is 16.5. The first kappa shape index (κ1) is 16.8. The number of carbonyl (C=O) groups excluding carboxylic acids is 1. The van der Waals surface area contributed by atoms with Gasteiger partial charge in [-0.15, -0.1) is 0 Å². The first-order valence-corrected chi connectivity index (χ1v) is 8.14. The molecule has 1 N–H and O–H groups in total. The van der Waals surface area contributed by atoms with Crippen molar-refractivity contribution in [2.45, 2.75) is 19.9 Å². The second-order valence-corrected chi connectivity index (χ2v) is 5.81. The molecule has 0 spiro atoms. The summed E-state index contributed by atoms with van der Waals surface area (Å²) in [7, 11) is 0. The second kappa shape index (κ2) is 7.70.